The van der Waals surface area contributed by atoms with Crippen molar-refractivity contribution in [2.75, 3.05) is 13.7 Å². The maximum atomic E-state index is 12.0. The smallest absolute Gasteiger partial charge is 0.325 e. The van der Waals surface area contributed by atoms with Crippen molar-refractivity contribution in [3.63, 3.8) is 0 Å². The van der Waals surface area contributed by atoms with Crippen molar-refractivity contribution >= 4 is 46.3 Å². The van der Waals surface area contributed by atoms with Crippen LogP contribution in [0.5, 0.6) is 0 Å². The summed E-state index contributed by atoms with van der Waals surface area (Å²) in [5.74, 6) is -1.07. The van der Waals surface area contributed by atoms with E-state index in [2.05, 4.69) is 4.74 Å². The third-order valence-electron chi connectivity index (χ3n) is 2.42. The van der Waals surface area contributed by atoms with Crippen LogP contribution in [-0.2, 0) is 14.3 Å². The number of hydrogen-bond donors (Lipinski definition) is 0. The van der Waals surface area contributed by atoms with E-state index in [-0.39, 0.29) is 6.54 Å². The first-order chi connectivity index (χ1) is 9.01. The minimum atomic E-state index is -0.615. The van der Waals surface area contributed by atoms with Crippen molar-refractivity contribution in [1.82, 2.24) is 4.90 Å². The summed E-state index contributed by atoms with van der Waals surface area (Å²) in [6, 6.07) is 3.82. The topological polar surface area (TPSA) is 63.7 Å². The SMILES string of the molecule is COC(=O)CN1C(=O)S/C(=C/c2ccc(C)s2)C1=O. The summed E-state index contributed by atoms with van der Waals surface area (Å²) in [7, 11) is 1.21. The number of thioether (sulfide) groups is 1. The largest absolute Gasteiger partial charge is 0.468 e. The number of carbonyl (C=O) groups is 3. The molecule has 1 aliphatic rings. The Morgan fingerprint density at radius 1 is 1.42 bits per heavy atom. The minimum absolute atomic E-state index is 0.329. The third-order valence-corrected chi connectivity index (χ3v) is 4.28. The molecule has 0 N–H and O–H groups in total. The molecule has 1 aromatic heterocycles. The van der Waals surface area contributed by atoms with Crippen LogP contribution in [0.3, 0.4) is 0 Å². The van der Waals surface area contributed by atoms with Crippen molar-refractivity contribution in [3.05, 3.63) is 26.8 Å². The number of methoxy groups -OCH3 is 1. The molecule has 7 heteroatoms. The maximum Gasteiger partial charge on any atom is 0.325 e. The molecule has 0 spiro atoms. The molecule has 0 aromatic carbocycles. The number of rotatable bonds is 3. The molecule has 1 aliphatic heterocycles. The van der Waals surface area contributed by atoms with Crippen LogP contribution >= 0.6 is 23.1 Å². The highest BCUT2D eigenvalue weighted by atomic mass is 32.2. The molecule has 1 aromatic rings. The van der Waals surface area contributed by atoms with Crippen LogP contribution in [0.15, 0.2) is 17.0 Å². The van der Waals surface area contributed by atoms with Gasteiger partial charge in [-0.25, -0.2) is 0 Å². The zero-order valence-corrected chi connectivity index (χ0v) is 12.0. The minimum Gasteiger partial charge on any atom is -0.468 e. The number of aryl methyl sites for hydroxylation is 1. The summed E-state index contributed by atoms with van der Waals surface area (Å²) >= 11 is 2.37. The fraction of sp³-hybridized carbons (Fsp3) is 0.250. The fourth-order valence-corrected chi connectivity index (χ4v) is 3.21. The van der Waals surface area contributed by atoms with Crippen molar-refractivity contribution < 1.29 is 19.1 Å². The first kappa shape index (κ1) is 13.8. The molecule has 100 valence electrons. The van der Waals surface area contributed by atoms with E-state index in [0.29, 0.717) is 4.91 Å². The molecule has 5 nitrogen and oxygen atoms in total. The zero-order valence-electron chi connectivity index (χ0n) is 10.3. The highest BCUT2D eigenvalue weighted by Gasteiger charge is 2.36. The lowest BCUT2D eigenvalue weighted by Crippen LogP contribution is -2.34. The molecule has 2 heterocycles. The quantitative estimate of drug-likeness (QED) is 0.632. The summed E-state index contributed by atoms with van der Waals surface area (Å²) in [6.45, 7) is 1.62. The summed E-state index contributed by atoms with van der Waals surface area (Å²) in [5, 5.41) is -0.449. The van der Waals surface area contributed by atoms with Crippen molar-refractivity contribution in [2.45, 2.75) is 6.92 Å². The van der Waals surface area contributed by atoms with Gasteiger partial charge in [0.05, 0.1) is 12.0 Å². The zero-order chi connectivity index (χ0) is 14.0. The normalized spacial score (nSPS) is 17.4. The van der Waals surface area contributed by atoms with Gasteiger partial charge in [0, 0.05) is 9.75 Å². The molecule has 2 rings (SSSR count). The Morgan fingerprint density at radius 3 is 2.74 bits per heavy atom. The van der Waals surface area contributed by atoms with Gasteiger partial charge < -0.3 is 4.74 Å². The number of hydrogen-bond acceptors (Lipinski definition) is 6. The third kappa shape index (κ3) is 3.05. The van der Waals surface area contributed by atoms with Gasteiger partial charge in [0.1, 0.15) is 6.54 Å². The van der Waals surface area contributed by atoms with Crippen molar-refractivity contribution in [1.29, 1.82) is 0 Å². The van der Waals surface area contributed by atoms with E-state index in [1.807, 2.05) is 19.1 Å². The summed E-state index contributed by atoms with van der Waals surface area (Å²) in [4.78, 5) is 38.0. The molecule has 19 heavy (non-hydrogen) atoms. The van der Waals surface area contributed by atoms with E-state index < -0.39 is 17.1 Å². The number of carbonyl (C=O) groups excluding carboxylic acids is 3. The molecule has 2 amide bonds. The van der Waals surface area contributed by atoms with Crippen molar-refractivity contribution in [3.8, 4) is 0 Å². The van der Waals surface area contributed by atoms with E-state index in [1.165, 1.54) is 18.4 Å². The number of esters is 1. The summed E-state index contributed by atoms with van der Waals surface area (Å²) < 4.78 is 4.45. The highest BCUT2D eigenvalue weighted by Crippen LogP contribution is 2.33. The summed E-state index contributed by atoms with van der Waals surface area (Å²) in [6.07, 6.45) is 1.67. The van der Waals surface area contributed by atoms with Crippen LogP contribution in [0.1, 0.15) is 9.75 Å². The molecule has 0 bridgehead atoms. The van der Waals surface area contributed by atoms with Crippen LogP contribution in [-0.4, -0.2) is 35.7 Å². The van der Waals surface area contributed by atoms with Gasteiger partial charge >= 0.3 is 5.97 Å². The van der Waals surface area contributed by atoms with Gasteiger partial charge in [-0.1, -0.05) is 0 Å². The van der Waals surface area contributed by atoms with Gasteiger partial charge in [0.2, 0.25) is 0 Å². The number of amides is 2. The second kappa shape index (κ2) is 5.58. The van der Waals surface area contributed by atoms with E-state index in [1.54, 1.807) is 6.08 Å². The van der Waals surface area contributed by atoms with Crippen LogP contribution in [0.25, 0.3) is 6.08 Å². The first-order valence-electron chi connectivity index (χ1n) is 5.40. The first-order valence-corrected chi connectivity index (χ1v) is 7.03. The van der Waals surface area contributed by atoms with E-state index in [0.717, 1.165) is 26.4 Å². The van der Waals surface area contributed by atoms with Crippen LogP contribution in [0.2, 0.25) is 0 Å². The Kier molecular flexibility index (Phi) is 4.06. The molecular weight excluding hydrogens is 286 g/mol. The molecule has 0 atom stereocenters. The Bertz CT molecular complexity index is 576. The van der Waals surface area contributed by atoms with Gasteiger partial charge in [-0.15, -0.1) is 11.3 Å². The standard InChI is InChI=1S/C12H11NO4S2/c1-7-3-4-8(18-7)5-9-11(15)13(12(16)19-9)6-10(14)17-2/h3-5H,6H2,1-2H3/b9-5+. The molecule has 1 saturated heterocycles. The number of nitrogens with zero attached hydrogens (tertiary/aromatic N) is 1. The highest BCUT2D eigenvalue weighted by molar-refractivity contribution is 8.18. The monoisotopic (exact) mass is 297 g/mol. The average molecular weight is 297 g/mol. The Hall–Kier alpha value is -1.60. The molecule has 1 fully saturated rings. The maximum absolute atomic E-state index is 12.0. The molecular formula is C12H11NO4S2. The van der Waals surface area contributed by atoms with Crippen molar-refractivity contribution in [2.24, 2.45) is 0 Å². The van der Waals surface area contributed by atoms with Gasteiger partial charge in [-0.2, -0.15) is 0 Å². The lowest BCUT2D eigenvalue weighted by Gasteiger charge is -2.09. The Labute approximate surface area is 118 Å². The van der Waals surface area contributed by atoms with Gasteiger partial charge in [-0.3, -0.25) is 19.3 Å². The number of imide groups is 1. The molecule has 0 saturated carbocycles. The van der Waals surface area contributed by atoms with Gasteiger partial charge in [0.15, 0.2) is 0 Å². The predicted octanol–water partition coefficient (Wildman–Crippen LogP) is 2.27. The van der Waals surface area contributed by atoms with E-state index in [9.17, 15) is 14.4 Å². The van der Waals surface area contributed by atoms with E-state index >= 15 is 0 Å². The second-order valence-corrected chi connectivity index (χ2v) is 6.11. The predicted molar refractivity (Wildman–Crippen MR) is 73.7 cm³/mol. The molecule has 0 unspecified atom stereocenters. The fourth-order valence-electron chi connectivity index (χ4n) is 1.49. The Balaban J connectivity index is 2.18. The lowest BCUT2D eigenvalue weighted by atomic mass is 10.3. The van der Waals surface area contributed by atoms with E-state index in [4.69, 9.17) is 0 Å². The molecule has 0 radical (unpaired) electrons. The number of thiophene rings is 1. The van der Waals surface area contributed by atoms with Crippen LogP contribution in [0, 0.1) is 6.92 Å². The Morgan fingerprint density at radius 2 is 2.16 bits per heavy atom. The lowest BCUT2D eigenvalue weighted by molar-refractivity contribution is -0.143. The molecule has 0 aliphatic carbocycles. The van der Waals surface area contributed by atoms with Crippen LogP contribution in [0.4, 0.5) is 4.79 Å². The van der Waals surface area contributed by atoms with Crippen LogP contribution < -0.4 is 0 Å². The summed E-state index contributed by atoms with van der Waals surface area (Å²) in [5.41, 5.74) is 0. The average Bonchev–Trinajstić information content (AvgIpc) is 2.88. The number of ether oxygens (including phenoxy) is 1. The van der Waals surface area contributed by atoms with Gasteiger partial charge in [-0.05, 0) is 36.9 Å². The van der Waals surface area contributed by atoms with Gasteiger partial charge in [0.25, 0.3) is 11.1 Å². The second-order valence-electron chi connectivity index (χ2n) is 3.79.